The molecule has 13 nitrogen and oxygen atoms in total. The molecular formula is C34H38ClF3N3O10S+. The molecule has 3 aromatic carbocycles. The van der Waals surface area contributed by atoms with Crippen LogP contribution in [0.15, 0.2) is 59.5 Å². The number of hydrogen-bond donors (Lipinski definition) is 3. The number of aliphatic hydroxyl groups is 3. The molecule has 0 aromatic heterocycles. The van der Waals surface area contributed by atoms with Crippen LogP contribution in [0.3, 0.4) is 0 Å². The maximum absolute atomic E-state index is 15.8. The first-order valence-corrected chi connectivity index (χ1v) is 17.8. The van der Waals surface area contributed by atoms with Gasteiger partial charge in [-0.3, -0.25) is 9.69 Å². The van der Waals surface area contributed by atoms with E-state index in [1.807, 2.05) is 0 Å². The van der Waals surface area contributed by atoms with Crippen LogP contribution in [0, 0.1) is 6.92 Å². The number of carbonyl (C=O) groups excluding carboxylic acids is 2. The molecule has 3 amide bonds. The fourth-order valence-electron chi connectivity index (χ4n) is 7.52. The van der Waals surface area contributed by atoms with Crippen LogP contribution in [-0.4, -0.2) is 111 Å². The molecule has 0 saturated carbocycles. The van der Waals surface area contributed by atoms with E-state index in [1.165, 1.54) is 37.4 Å². The molecule has 282 valence electrons. The molecule has 3 N–H and O–H groups in total. The molecule has 0 radical (unpaired) electrons. The maximum Gasteiger partial charge on any atom is 0.573 e. The Morgan fingerprint density at radius 2 is 1.69 bits per heavy atom. The average Bonchev–Trinajstić information content (AvgIpc) is 3.52. The van der Waals surface area contributed by atoms with Crippen LogP contribution >= 0.6 is 11.6 Å². The molecule has 0 bridgehead atoms. The van der Waals surface area contributed by atoms with Gasteiger partial charge in [-0.25, -0.2) is 17.7 Å². The molecule has 3 unspecified atom stereocenters. The number of anilines is 1. The zero-order chi connectivity index (χ0) is 38.4. The van der Waals surface area contributed by atoms with Gasteiger partial charge in [0.2, 0.25) is 5.54 Å². The minimum atomic E-state index is -5.36. The third-order valence-corrected chi connectivity index (χ3v) is 11.5. The van der Waals surface area contributed by atoms with Crippen molar-refractivity contribution in [2.24, 2.45) is 0 Å². The third kappa shape index (κ3) is 6.22. The van der Waals surface area contributed by atoms with Crippen molar-refractivity contribution >= 4 is 39.2 Å². The first kappa shape index (κ1) is 39.1. The maximum atomic E-state index is 15.8. The van der Waals surface area contributed by atoms with Gasteiger partial charge < -0.3 is 29.5 Å². The van der Waals surface area contributed by atoms with Gasteiger partial charge in [0.05, 0.1) is 50.3 Å². The highest BCUT2D eigenvalue weighted by molar-refractivity contribution is 7.93. The molecular weight excluding hydrogens is 735 g/mol. The molecule has 1 saturated heterocycles. The number of sulfonamides is 1. The fourth-order valence-corrected chi connectivity index (χ4v) is 9.25. The van der Waals surface area contributed by atoms with Crippen molar-refractivity contribution < 1.29 is 65.2 Å². The average molecular weight is 773 g/mol. The lowest BCUT2D eigenvalue weighted by atomic mass is 9.78. The summed E-state index contributed by atoms with van der Waals surface area (Å²) in [5.74, 6) is -2.64. The van der Waals surface area contributed by atoms with E-state index in [4.69, 9.17) is 21.1 Å². The Kier molecular flexibility index (Phi) is 10.8. The molecule has 3 aromatic rings. The number of urea groups is 1. The molecule has 52 heavy (non-hydrogen) atoms. The standard InChI is InChI=1S/C34H38ClF3N3O10S/c1-20-5-9-28(50-4)26(15-20)33(41(19-23(44)16-21(41)2)32(46)39(11-13-42)12-14-43)25-17-22(35)6-8-27(25)40(31(33)45)52(47,48)30-10-7-24(49-3)18-29(30)51-34(36,37)38/h5-10,15,17-18,21,23,42-44H,11-14,16,19H2,1-4H3/q+1/t21?,23-,33?,41?/m1/s1. The number of aliphatic hydroxyl groups excluding tert-OH is 3. The Hall–Kier alpha value is -4.13. The number of alkyl halides is 3. The van der Waals surface area contributed by atoms with E-state index in [2.05, 4.69) is 4.74 Å². The zero-order valence-electron chi connectivity index (χ0n) is 28.6. The smallest absolute Gasteiger partial charge is 0.497 e. The summed E-state index contributed by atoms with van der Waals surface area (Å²) in [6.45, 7) is 1.06. The van der Waals surface area contributed by atoms with Gasteiger partial charge in [-0.15, -0.1) is 13.2 Å². The Labute approximate surface area is 302 Å². The number of ether oxygens (including phenoxy) is 3. The lowest BCUT2D eigenvalue weighted by Crippen LogP contribution is -2.73. The van der Waals surface area contributed by atoms with Crippen molar-refractivity contribution in [3.63, 3.8) is 0 Å². The van der Waals surface area contributed by atoms with Gasteiger partial charge in [0.15, 0.2) is 5.75 Å². The molecule has 0 spiro atoms. The van der Waals surface area contributed by atoms with Crippen LogP contribution < -0.4 is 18.5 Å². The normalized spacial score (nSPS) is 23.1. The number of amides is 3. The Morgan fingerprint density at radius 3 is 2.25 bits per heavy atom. The highest BCUT2D eigenvalue weighted by Crippen LogP contribution is 2.59. The van der Waals surface area contributed by atoms with E-state index in [1.54, 1.807) is 19.9 Å². The number of methoxy groups -OCH3 is 2. The number of benzene rings is 3. The molecule has 0 aliphatic carbocycles. The zero-order valence-corrected chi connectivity index (χ0v) is 30.1. The summed E-state index contributed by atoms with van der Waals surface area (Å²) in [6, 6.07) is 9.21. The molecule has 2 aliphatic rings. The minimum Gasteiger partial charge on any atom is -0.497 e. The topological polar surface area (TPSA) is 163 Å². The predicted octanol–water partition coefficient (Wildman–Crippen LogP) is 3.92. The highest BCUT2D eigenvalue weighted by atomic mass is 35.5. The lowest BCUT2D eigenvalue weighted by Gasteiger charge is -2.50. The van der Waals surface area contributed by atoms with E-state index < -0.39 is 80.9 Å². The van der Waals surface area contributed by atoms with Crippen molar-refractivity contribution in [1.29, 1.82) is 0 Å². The summed E-state index contributed by atoms with van der Waals surface area (Å²) < 4.78 is 85.0. The van der Waals surface area contributed by atoms with E-state index in [9.17, 15) is 36.9 Å². The second-order valence-corrected chi connectivity index (χ2v) is 14.7. The quantitative estimate of drug-likeness (QED) is 0.244. The summed E-state index contributed by atoms with van der Waals surface area (Å²) in [5.41, 5.74) is -2.40. The molecule has 5 rings (SSSR count). The van der Waals surface area contributed by atoms with Crippen LogP contribution in [0.5, 0.6) is 17.2 Å². The lowest BCUT2D eigenvalue weighted by molar-refractivity contribution is -0.906. The van der Waals surface area contributed by atoms with Gasteiger partial charge >= 0.3 is 18.3 Å². The van der Waals surface area contributed by atoms with Crippen LogP contribution in [0.4, 0.5) is 23.7 Å². The predicted molar refractivity (Wildman–Crippen MR) is 181 cm³/mol. The van der Waals surface area contributed by atoms with Crippen molar-refractivity contribution in [3.05, 3.63) is 76.3 Å². The SMILES string of the molecule is COc1ccc(S(=O)(=O)N2C(=O)C(c3cc(C)ccc3OC)([N+]3(C(=O)N(CCO)CCO)C[C@H](O)CC3C)c3cc(Cl)ccc32)c(OC(F)(F)F)c1. The van der Waals surface area contributed by atoms with Gasteiger partial charge in [-0.2, -0.15) is 4.31 Å². The van der Waals surface area contributed by atoms with E-state index in [-0.39, 0.29) is 52.8 Å². The van der Waals surface area contributed by atoms with Crippen molar-refractivity contribution in [2.45, 2.75) is 49.2 Å². The molecule has 1 fully saturated rings. The molecule has 2 aliphatic heterocycles. The number of fused-ring (bicyclic) bond motifs is 1. The number of aryl methyl sites for hydroxylation is 1. The van der Waals surface area contributed by atoms with Gasteiger partial charge in [-0.05, 0) is 56.3 Å². The molecule has 18 heteroatoms. The summed E-state index contributed by atoms with van der Waals surface area (Å²) in [6.07, 6.45) is -6.65. The number of quaternary nitrogens is 1. The Morgan fingerprint density at radius 1 is 1.02 bits per heavy atom. The van der Waals surface area contributed by atoms with Crippen LogP contribution in [0.25, 0.3) is 0 Å². The monoisotopic (exact) mass is 772 g/mol. The van der Waals surface area contributed by atoms with Gasteiger partial charge in [-0.1, -0.05) is 23.2 Å². The van der Waals surface area contributed by atoms with Gasteiger partial charge in [0.1, 0.15) is 29.0 Å². The van der Waals surface area contributed by atoms with Crippen LogP contribution in [0.2, 0.25) is 5.02 Å². The summed E-state index contributed by atoms with van der Waals surface area (Å²) in [7, 11) is -2.92. The van der Waals surface area contributed by atoms with E-state index in [0.29, 0.717) is 15.9 Å². The van der Waals surface area contributed by atoms with Crippen LogP contribution in [0.1, 0.15) is 30.0 Å². The number of halogens is 4. The van der Waals surface area contributed by atoms with Gasteiger partial charge in [0, 0.05) is 30.6 Å². The summed E-state index contributed by atoms with van der Waals surface area (Å²) in [5, 5.41) is 31.2. The first-order chi connectivity index (χ1) is 24.4. The van der Waals surface area contributed by atoms with Crippen molar-refractivity contribution in [1.82, 2.24) is 4.90 Å². The summed E-state index contributed by atoms with van der Waals surface area (Å²) >= 11 is 6.57. The number of rotatable bonds is 11. The first-order valence-electron chi connectivity index (χ1n) is 16.0. The number of carbonyl (C=O) groups is 2. The fraction of sp³-hybridized carbons (Fsp3) is 0.412. The Bertz CT molecular complexity index is 1980. The molecule has 2 heterocycles. The number of hydrogen-bond acceptors (Lipinski definition) is 10. The van der Waals surface area contributed by atoms with E-state index >= 15 is 9.59 Å². The highest BCUT2D eigenvalue weighted by Gasteiger charge is 2.75. The van der Waals surface area contributed by atoms with Crippen molar-refractivity contribution in [3.8, 4) is 17.2 Å². The second-order valence-electron chi connectivity index (χ2n) is 12.5. The Balaban J connectivity index is 1.96. The number of nitrogens with zero attached hydrogens (tertiary/aromatic N) is 3. The van der Waals surface area contributed by atoms with Crippen molar-refractivity contribution in [2.75, 3.05) is 51.4 Å². The summed E-state index contributed by atoms with van der Waals surface area (Å²) in [4.78, 5) is 31.1. The van der Waals surface area contributed by atoms with E-state index in [0.717, 1.165) is 24.1 Å². The van der Waals surface area contributed by atoms with Gasteiger partial charge in [0.25, 0.3) is 10.0 Å². The molecule has 4 atom stereocenters. The third-order valence-electron chi connectivity index (χ3n) is 9.52. The minimum absolute atomic E-state index is 0.00732. The van der Waals surface area contributed by atoms with Crippen LogP contribution in [-0.2, 0) is 20.4 Å². The number of likely N-dealkylation sites (tertiary alicyclic amines) is 1. The largest absolute Gasteiger partial charge is 0.573 e. The second kappa shape index (κ2) is 14.4.